The Morgan fingerprint density at radius 2 is 1.85 bits per heavy atom. The number of piperidine rings is 1. The zero-order valence-electron chi connectivity index (χ0n) is 16.1. The Balaban J connectivity index is 1.85. The highest BCUT2D eigenvalue weighted by Crippen LogP contribution is 2.21. The number of aromatic nitrogens is 2. The van der Waals surface area contributed by atoms with Crippen LogP contribution in [-0.2, 0) is 11.3 Å². The van der Waals surface area contributed by atoms with Gasteiger partial charge in [-0.25, -0.2) is 4.98 Å². The summed E-state index contributed by atoms with van der Waals surface area (Å²) in [6, 6.07) is 7.59. The summed E-state index contributed by atoms with van der Waals surface area (Å²) in [5, 5.41) is 0. The Bertz CT molecular complexity index is 849. The second kappa shape index (κ2) is 7.48. The average Bonchev–Trinajstić information content (AvgIpc) is 2.59. The molecule has 0 bridgehead atoms. The largest absolute Gasteiger partial charge is 0.358 e. The summed E-state index contributed by atoms with van der Waals surface area (Å²) in [5.41, 5.74) is 1.39. The monoisotopic (exact) mass is 356 g/mol. The van der Waals surface area contributed by atoms with Gasteiger partial charge in [0.2, 0.25) is 5.91 Å². The smallest absolute Gasteiger partial charge is 0.293 e. The van der Waals surface area contributed by atoms with Gasteiger partial charge in [0, 0.05) is 40.2 Å². The van der Waals surface area contributed by atoms with Crippen LogP contribution in [0.4, 0.5) is 5.82 Å². The number of hydrogen-bond acceptors (Lipinski definition) is 4. The predicted molar refractivity (Wildman–Crippen MR) is 104 cm³/mol. The van der Waals surface area contributed by atoms with Gasteiger partial charge in [-0.3, -0.25) is 9.59 Å². The first-order valence-electron chi connectivity index (χ1n) is 9.31. The maximum Gasteiger partial charge on any atom is 0.293 e. The highest BCUT2D eigenvalue weighted by atomic mass is 16.2. The van der Waals surface area contributed by atoms with Crippen LogP contribution in [0.2, 0.25) is 0 Å². The van der Waals surface area contributed by atoms with E-state index in [0.29, 0.717) is 30.6 Å². The third kappa shape index (κ3) is 3.74. The summed E-state index contributed by atoms with van der Waals surface area (Å²) in [6.07, 6.45) is 1.50. The van der Waals surface area contributed by atoms with Crippen LogP contribution in [0.1, 0.15) is 26.7 Å². The molecule has 1 aliphatic heterocycles. The standard InChI is InChI=1S/C20H28N4O2/c1-14-11-15(2)13-23(12-14)18(25)9-10-24-17-8-6-5-7-16(17)21-19(20(24)26)22(3)4/h5-8,14-15H,9-13H2,1-4H3. The van der Waals surface area contributed by atoms with E-state index in [9.17, 15) is 9.59 Å². The van der Waals surface area contributed by atoms with Gasteiger partial charge < -0.3 is 14.4 Å². The molecule has 140 valence electrons. The molecule has 1 aliphatic rings. The normalized spacial score (nSPS) is 20.4. The molecule has 1 aromatic heterocycles. The van der Waals surface area contributed by atoms with Crippen LogP contribution in [0.5, 0.6) is 0 Å². The van der Waals surface area contributed by atoms with E-state index < -0.39 is 0 Å². The Hall–Kier alpha value is -2.37. The lowest BCUT2D eigenvalue weighted by Crippen LogP contribution is -2.43. The fraction of sp³-hybridized carbons (Fsp3) is 0.550. The van der Waals surface area contributed by atoms with Crippen LogP contribution in [0, 0.1) is 11.8 Å². The summed E-state index contributed by atoms with van der Waals surface area (Å²) in [7, 11) is 3.62. The number of rotatable bonds is 4. The quantitative estimate of drug-likeness (QED) is 0.844. The number of fused-ring (bicyclic) bond motifs is 1. The maximum absolute atomic E-state index is 12.9. The Kier molecular flexibility index (Phi) is 5.30. The van der Waals surface area contributed by atoms with Crippen LogP contribution in [0.15, 0.2) is 29.1 Å². The van der Waals surface area contributed by atoms with Crippen molar-refractivity contribution >= 4 is 22.8 Å². The van der Waals surface area contributed by atoms with E-state index in [4.69, 9.17) is 0 Å². The molecule has 1 saturated heterocycles. The second-order valence-electron chi connectivity index (χ2n) is 7.77. The Morgan fingerprint density at radius 3 is 2.50 bits per heavy atom. The molecule has 1 amide bonds. The molecule has 2 atom stereocenters. The molecule has 0 N–H and O–H groups in total. The lowest BCUT2D eigenvalue weighted by atomic mass is 9.92. The van der Waals surface area contributed by atoms with E-state index in [1.807, 2.05) is 43.3 Å². The van der Waals surface area contributed by atoms with Gasteiger partial charge in [0.05, 0.1) is 11.0 Å². The zero-order valence-corrected chi connectivity index (χ0v) is 16.1. The van der Waals surface area contributed by atoms with Crippen molar-refractivity contribution in [3.63, 3.8) is 0 Å². The molecule has 6 nitrogen and oxygen atoms in total. The van der Waals surface area contributed by atoms with Crippen molar-refractivity contribution in [2.45, 2.75) is 33.2 Å². The first-order valence-corrected chi connectivity index (χ1v) is 9.31. The minimum Gasteiger partial charge on any atom is -0.358 e. The van der Waals surface area contributed by atoms with Gasteiger partial charge in [-0.2, -0.15) is 0 Å². The summed E-state index contributed by atoms with van der Waals surface area (Å²) < 4.78 is 1.69. The van der Waals surface area contributed by atoms with Gasteiger partial charge >= 0.3 is 0 Å². The van der Waals surface area contributed by atoms with Crippen LogP contribution >= 0.6 is 0 Å². The van der Waals surface area contributed by atoms with Crippen molar-refractivity contribution in [2.75, 3.05) is 32.1 Å². The van der Waals surface area contributed by atoms with Gasteiger partial charge in [-0.15, -0.1) is 0 Å². The Morgan fingerprint density at radius 1 is 1.19 bits per heavy atom. The number of amides is 1. The number of anilines is 1. The van der Waals surface area contributed by atoms with E-state index in [1.165, 1.54) is 6.42 Å². The summed E-state index contributed by atoms with van der Waals surface area (Å²) in [4.78, 5) is 33.7. The van der Waals surface area contributed by atoms with E-state index >= 15 is 0 Å². The number of carbonyl (C=O) groups excluding carboxylic acids is 1. The highest BCUT2D eigenvalue weighted by molar-refractivity contribution is 5.78. The summed E-state index contributed by atoms with van der Waals surface area (Å²) >= 11 is 0. The SMILES string of the molecule is CC1CC(C)CN(C(=O)CCn2c(=O)c(N(C)C)nc3ccccc32)C1. The molecule has 2 heterocycles. The topological polar surface area (TPSA) is 58.4 Å². The maximum atomic E-state index is 12.9. The van der Waals surface area contributed by atoms with Gasteiger partial charge in [-0.05, 0) is 30.4 Å². The van der Waals surface area contributed by atoms with E-state index in [1.54, 1.807) is 9.47 Å². The van der Waals surface area contributed by atoms with Crippen molar-refractivity contribution < 1.29 is 4.79 Å². The fourth-order valence-corrected chi connectivity index (χ4v) is 3.92. The second-order valence-corrected chi connectivity index (χ2v) is 7.77. The molecule has 26 heavy (non-hydrogen) atoms. The molecule has 1 fully saturated rings. The first kappa shape index (κ1) is 18.4. The van der Waals surface area contributed by atoms with E-state index in [2.05, 4.69) is 18.8 Å². The number of benzene rings is 1. The lowest BCUT2D eigenvalue weighted by molar-refractivity contribution is -0.134. The lowest BCUT2D eigenvalue weighted by Gasteiger charge is -2.35. The van der Waals surface area contributed by atoms with Crippen molar-refractivity contribution in [1.29, 1.82) is 0 Å². The van der Waals surface area contributed by atoms with Crippen molar-refractivity contribution in [3.8, 4) is 0 Å². The summed E-state index contributed by atoms with van der Waals surface area (Å²) in [6.45, 7) is 6.40. The van der Waals surface area contributed by atoms with Crippen LogP contribution < -0.4 is 10.5 Å². The summed E-state index contributed by atoms with van der Waals surface area (Å²) in [5.74, 6) is 1.60. The van der Waals surface area contributed by atoms with Gasteiger partial charge in [0.1, 0.15) is 0 Å². The molecular weight excluding hydrogens is 328 g/mol. The van der Waals surface area contributed by atoms with Crippen LogP contribution in [0.3, 0.4) is 0 Å². The predicted octanol–water partition coefficient (Wildman–Crippen LogP) is 2.36. The highest BCUT2D eigenvalue weighted by Gasteiger charge is 2.25. The fourth-order valence-electron chi connectivity index (χ4n) is 3.92. The molecule has 2 aromatic rings. The van der Waals surface area contributed by atoms with Crippen molar-refractivity contribution in [1.82, 2.24) is 14.5 Å². The number of para-hydroxylation sites is 2. The van der Waals surface area contributed by atoms with E-state index in [-0.39, 0.29) is 11.5 Å². The number of nitrogens with zero attached hydrogens (tertiary/aromatic N) is 4. The molecule has 2 unspecified atom stereocenters. The first-order chi connectivity index (χ1) is 12.4. The number of likely N-dealkylation sites (tertiary alicyclic amines) is 1. The number of carbonyl (C=O) groups is 1. The molecular formula is C20H28N4O2. The molecule has 6 heteroatoms. The van der Waals surface area contributed by atoms with Gasteiger partial charge in [0.25, 0.3) is 5.56 Å². The molecule has 3 rings (SSSR count). The average molecular weight is 356 g/mol. The van der Waals surface area contributed by atoms with E-state index in [0.717, 1.165) is 24.1 Å². The third-order valence-corrected chi connectivity index (χ3v) is 5.03. The van der Waals surface area contributed by atoms with Gasteiger partial charge in [0.15, 0.2) is 5.82 Å². The number of hydrogen-bond donors (Lipinski definition) is 0. The zero-order chi connectivity index (χ0) is 18.8. The molecule has 0 radical (unpaired) electrons. The Labute approximate surface area is 154 Å². The van der Waals surface area contributed by atoms with Crippen molar-refractivity contribution in [2.24, 2.45) is 11.8 Å². The van der Waals surface area contributed by atoms with Crippen LogP contribution in [0.25, 0.3) is 11.0 Å². The number of aryl methyl sites for hydroxylation is 1. The van der Waals surface area contributed by atoms with Crippen LogP contribution in [-0.4, -0.2) is 47.5 Å². The third-order valence-electron chi connectivity index (χ3n) is 5.03. The minimum absolute atomic E-state index is 0.127. The van der Waals surface area contributed by atoms with Gasteiger partial charge in [-0.1, -0.05) is 26.0 Å². The molecule has 0 spiro atoms. The molecule has 0 aliphatic carbocycles. The van der Waals surface area contributed by atoms with Crippen molar-refractivity contribution in [3.05, 3.63) is 34.6 Å². The molecule has 0 saturated carbocycles. The minimum atomic E-state index is -0.151. The molecule has 1 aromatic carbocycles.